The maximum Gasteiger partial charge on any atom is 0.325 e. The fraction of sp³-hybridized carbons (Fsp3) is 0.240. The zero-order valence-electron chi connectivity index (χ0n) is 19.8. The molecule has 0 bridgehead atoms. The van der Waals surface area contributed by atoms with Crippen LogP contribution in [0.25, 0.3) is 11.3 Å². The van der Waals surface area contributed by atoms with Crippen molar-refractivity contribution in [2.75, 3.05) is 13.7 Å². The number of aliphatic hydroxyl groups is 2. The third-order valence-electron chi connectivity index (χ3n) is 5.91. The number of amides is 3. The van der Waals surface area contributed by atoms with Gasteiger partial charge in [0.2, 0.25) is 0 Å². The molecule has 2 heterocycles. The number of rotatable bonds is 9. The number of H-pyrrole nitrogens is 1. The summed E-state index contributed by atoms with van der Waals surface area (Å²) in [5.74, 6) is -0.619. The Hall–Kier alpha value is -3.65. The summed E-state index contributed by atoms with van der Waals surface area (Å²) in [6.07, 6.45) is 1.36. The Morgan fingerprint density at radius 3 is 2.65 bits per heavy atom. The standard InChI is InChI=1S/C25H24FIN4O6/c1-13(36-2)22(23-28-10-20(29-23)18-8-5-15(27)9-19(18)26)31-24(34)21(30-25(31)35)14-3-6-17(7-4-14)37-12-16(33)11-32/h3-11,13,21-22,32-33H,12H2,1-2H3,(H,28,29)(H,30,35)/b16-11-/t13-,21?,22+/m1/s1. The molecule has 1 aliphatic rings. The second-order valence-corrected chi connectivity index (χ2v) is 9.51. The van der Waals surface area contributed by atoms with E-state index >= 15 is 0 Å². The number of benzene rings is 2. The summed E-state index contributed by atoms with van der Waals surface area (Å²) in [4.78, 5) is 34.9. The fourth-order valence-corrected chi connectivity index (χ4v) is 4.40. The number of halogens is 2. The molecular formula is C25H24FIN4O6. The van der Waals surface area contributed by atoms with Crippen LogP contribution in [0.5, 0.6) is 5.75 Å². The number of urea groups is 1. The average Bonchev–Trinajstić information content (AvgIpc) is 3.48. The lowest BCUT2D eigenvalue weighted by atomic mass is 10.1. The van der Waals surface area contributed by atoms with E-state index in [0.29, 0.717) is 28.8 Å². The summed E-state index contributed by atoms with van der Waals surface area (Å²) >= 11 is 2.02. The van der Waals surface area contributed by atoms with Crippen molar-refractivity contribution in [1.82, 2.24) is 20.2 Å². The van der Waals surface area contributed by atoms with Gasteiger partial charge in [0.05, 0.1) is 18.0 Å². The molecule has 4 N–H and O–H groups in total. The molecule has 0 aliphatic carbocycles. The quantitative estimate of drug-likeness (QED) is 0.157. The molecule has 4 rings (SSSR count). The van der Waals surface area contributed by atoms with E-state index in [4.69, 9.17) is 14.6 Å². The smallest absolute Gasteiger partial charge is 0.325 e. The van der Waals surface area contributed by atoms with Crippen molar-refractivity contribution in [2.24, 2.45) is 0 Å². The maximum atomic E-state index is 14.5. The lowest BCUT2D eigenvalue weighted by Crippen LogP contribution is -2.41. The van der Waals surface area contributed by atoms with E-state index in [9.17, 15) is 19.1 Å². The van der Waals surface area contributed by atoms with Gasteiger partial charge in [-0.1, -0.05) is 12.1 Å². The van der Waals surface area contributed by atoms with Crippen LogP contribution in [0.2, 0.25) is 0 Å². The van der Waals surface area contributed by atoms with Gasteiger partial charge in [-0.2, -0.15) is 0 Å². The van der Waals surface area contributed by atoms with Crippen LogP contribution in [-0.2, 0) is 9.53 Å². The molecule has 3 atom stereocenters. The van der Waals surface area contributed by atoms with E-state index in [1.807, 2.05) is 22.6 Å². The Balaban J connectivity index is 1.59. The first kappa shape index (κ1) is 26.4. The van der Waals surface area contributed by atoms with Gasteiger partial charge in [0.25, 0.3) is 5.91 Å². The van der Waals surface area contributed by atoms with E-state index < -0.39 is 35.9 Å². The number of aromatic nitrogens is 2. The summed E-state index contributed by atoms with van der Waals surface area (Å²) < 4.78 is 26.1. The molecule has 0 radical (unpaired) electrons. The second kappa shape index (κ2) is 11.2. The van der Waals surface area contributed by atoms with Crippen molar-refractivity contribution in [2.45, 2.75) is 25.1 Å². The Bertz CT molecular complexity index is 1330. The van der Waals surface area contributed by atoms with Crippen molar-refractivity contribution in [3.8, 4) is 17.0 Å². The molecule has 37 heavy (non-hydrogen) atoms. The minimum atomic E-state index is -0.957. The Labute approximate surface area is 225 Å². The summed E-state index contributed by atoms with van der Waals surface area (Å²) in [5.41, 5.74) is 1.22. The first-order chi connectivity index (χ1) is 17.7. The SMILES string of the molecule is CO[C@H](C)[C@@H](c1ncc(-c2ccc(I)cc2F)[nH]1)N1C(=O)NC(c2ccc(OC/C(O)=C/O)cc2)C1=O. The zero-order valence-corrected chi connectivity index (χ0v) is 22.0. The number of nitrogens with zero attached hydrogens (tertiary/aromatic N) is 2. The molecule has 3 aromatic rings. The van der Waals surface area contributed by atoms with Gasteiger partial charge in [0, 0.05) is 16.2 Å². The van der Waals surface area contributed by atoms with Crippen LogP contribution in [-0.4, -0.2) is 56.8 Å². The number of methoxy groups -OCH3 is 1. The molecule has 2 aromatic carbocycles. The number of hydrogen-bond donors (Lipinski definition) is 4. The number of carbonyl (C=O) groups is 2. The van der Waals surface area contributed by atoms with Gasteiger partial charge >= 0.3 is 6.03 Å². The van der Waals surface area contributed by atoms with E-state index in [1.54, 1.807) is 43.3 Å². The summed E-state index contributed by atoms with van der Waals surface area (Å²) in [5, 5.41) is 20.7. The van der Waals surface area contributed by atoms with Crippen LogP contribution in [0.4, 0.5) is 9.18 Å². The number of aromatic amines is 1. The number of ether oxygens (including phenoxy) is 2. The Kier molecular flexibility index (Phi) is 7.97. The van der Waals surface area contributed by atoms with Gasteiger partial charge in [0.15, 0.2) is 5.76 Å². The largest absolute Gasteiger partial charge is 0.512 e. The minimum absolute atomic E-state index is 0.226. The monoisotopic (exact) mass is 622 g/mol. The van der Waals surface area contributed by atoms with Crippen molar-refractivity contribution in [1.29, 1.82) is 0 Å². The Morgan fingerprint density at radius 1 is 1.27 bits per heavy atom. The molecule has 0 spiro atoms. The molecule has 12 heteroatoms. The first-order valence-electron chi connectivity index (χ1n) is 11.1. The van der Waals surface area contributed by atoms with Crippen LogP contribution in [0.3, 0.4) is 0 Å². The molecule has 10 nitrogen and oxygen atoms in total. The normalized spacial score (nSPS) is 17.6. The third kappa shape index (κ3) is 5.54. The minimum Gasteiger partial charge on any atom is -0.512 e. The van der Waals surface area contributed by atoms with Crippen LogP contribution < -0.4 is 10.1 Å². The predicted octanol–water partition coefficient (Wildman–Crippen LogP) is 4.53. The predicted molar refractivity (Wildman–Crippen MR) is 139 cm³/mol. The molecular weight excluding hydrogens is 598 g/mol. The van der Waals surface area contributed by atoms with E-state index in [-0.39, 0.29) is 18.2 Å². The number of imide groups is 1. The number of aliphatic hydroxyl groups excluding tert-OH is 2. The Morgan fingerprint density at radius 2 is 2.00 bits per heavy atom. The second-order valence-electron chi connectivity index (χ2n) is 8.26. The number of nitrogens with one attached hydrogen (secondary N) is 2. The van der Waals surface area contributed by atoms with Gasteiger partial charge in [-0.25, -0.2) is 19.1 Å². The van der Waals surface area contributed by atoms with Crippen LogP contribution >= 0.6 is 22.6 Å². The van der Waals surface area contributed by atoms with E-state index in [1.165, 1.54) is 19.4 Å². The molecule has 3 amide bonds. The van der Waals surface area contributed by atoms with Crippen LogP contribution in [0.15, 0.2) is 60.7 Å². The van der Waals surface area contributed by atoms with Crippen molar-refractivity contribution in [3.63, 3.8) is 0 Å². The maximum absolute atomic E-state index is 14.5. The molecule has 1 aliphatic heterocycles. The molecule has 1 fully saturated rings. The van der Waals surface area contributed by atoms with Crippen LogP contribution in [0, 0.1) is 9.39 Å². The number of carbonyl (C=O) groups excluding carboxylic acids is 2. The summed E-state index contributed by atoms with van der Waals surface area (Å²) in [7, 11) is 1.46. The first-order valence-corrected chi connectivity index (χ1v) is 12.2. The molecule has 1 unspecified atom stereocenters. The lowest BCUT2D eigenvalue weighted by molar-refractivity contribution is -0.131. The molecule has 0 saturated carbocycles. The summed E-state index contributed by atoms with van der Waals surface area (Å²) in [6, 6.07) is 8.68. The van der Waals surface area contributed by atoms with Crippen molar-refractivity contribution in [3.05, 3.63) is 81.5 Å². The van der Waals surface area contributed by atoms with Gasteiger partial charge in [0.1, 0.15) is 42.3 Å². The average molecular weight is 622 g/mol. The number of hydrogen-bond acceptors (Lipinski definition) is 7. The topological polar surface area (TPSA) is 137 Å². The van der Waals surface area contributed by atoms with Crippen molar-refractivity contribution >= 4 is 34.5 Å². The highest BCUT2D eigenvalue weighted by atomic mass is 127. The zero-order chi connectivity index (χ0) is 26.7. The summed E-state index contributed by atoms with van der Waals surface area (Å²) in [6.45, 7) is 1.48. The molecule has 1 saturated heterocycles. The van der Waals surface area contributed by atoms with Crippen LogP contribution in [0.1, 0.15) is 30.4 Å². The highest BCUT2D eigenvalue weighted by Crippen LogP contribution is 2.34. The molecule has 1 aromatic heterocycles. The van der Waals surface area contributed by atoms with Gasteiger partial charge < -0.3 is 30.0 Å². The third-order valence-corrected chi connectivity index (χ3v) is 6.58. The van der Waals surface area contributed by atoms with Gasteiger partial charge in [-0.15, -0.1) is 0 Å². The van der Waals surface area contributed by atoms with Gasteiger partial charge in [-0.3, -0.25) is 4.79 Å². The van der Waals surface area contributed by atoms with Gasteiger partial charge in [-0.05, 0) is 65.4 Å². The number of imidazole rings is 1. The highest BCUT2D eigenvalue weighted by Gasteiger charge is 2.46. The fourth-order valence-electron chi connectivity index (χ4n) is 3.95. The lowest BCUT2D eigenvalue weighted by Gasteiger charge is -2.28. The van der Waals surface area contributed by atoms with E-state index in [2.05, 4.69) is 15.3 Å². The molecule has 194 valence electrons. The van der Waals surface area contributed by atoms with Crippen molar-refractivity contribution < 1.29 is 33.7 Å². The highest BCUT2D eigenvalue weighted by molar-refractivity contribution is 14.1. The van der Waals surface area contributed by atoms with E-state index in [0.717, 1.165) is 8.47 Å².